The van der Waals surface area contributed by atoms with Crippen LogP contribution in [0.15, 0.2) is 95.3 Å². The van der Waals surface area contributed by atoms with Crippen LogP contribution in [0.1, 0.15) is 16.8 Å². The Morgan fingerprint density at radius 1 is 0.941 bits per heavy atom. The summed E-state index contributed by atoms with van der Waals surface area (Å²) >= 11 is 0. The molecule has 2 aromatic heterocycles. The van der Waals surface area contributed by atoms with E-state index in [1.165, 1.54) is 12.1 Å². The summed E-state index contributed by atoms with van der Waals surface area (Å²) in [5, 5.41) is 13.2. The van der Waals surface area contributed by atoms with E-state index in [9.17, 15) is 9.18 Å². The van der Waals surface area contributed by atoms with Crippen LogP contribution in [0.2, 0.25) is 0 Å². The number of carbonyl (C=O) groups excluding carboxylic acids is 1. The number of nitrogens with one attached hydrogen (secondary N) is 1. The first-order chi connectivity index (χ1) is 16.7. The lowest BCUT2D eigenvalue weighted by Crippen LogP contribution is -2.13. The zero-order chi connectivity index (χ0) is 23.1. The number of hydrogen-bond donors (Lipinski definition) is 1. The molecule has 5 aromatic rings. The average Bonchev–Trinajstić information content (AvgIpc) is 3.35. The normalized spacial score (nSPS) is 14.4. The van der Waals surface area contributed by atoms with Crippen molar-refractivity contribution in [3.05, 3.63) is 108 Å². The third-order valence-corrected chi connectivity index (χ3v) is 5.93. The molecule has 1 amide bonds. The van der Waals surface area contributed by atoms with Gasteiger partial charge in [0.2, 0.25) is 0 Å². The van der Waals surface area contributed by atoms with E-state index in [0.29, 0.717) is 12.2 Å². The number of benzene rings is 3. The number of fused-ring (bicyclic) bond motifs is 4. The number of pyridine rings is 1. The summed E-state index contributed by atoms with van der Waals surface area (Å²) < 4.78 is 15.5. The van der Waals surface area contributed by atoms with E-state index in [1.54, 1.807) is 18.3 Å². The molecule has 0 saturated carbocycles. The molecule has 1 aliphatic heterocycles. The van der Waals surface area contributed by atoms with Gasteiger partial charge < -0.3 is 9.88 Å². The summed E-state index contributed by atoms with van der Waals surface area (Å²) in [5.41, 5.74) is 5.42. The minimum Gasteiger partial charge on any atom is -0.335 e. The summed E-state index contributed by atoms with van der Waals surface area (Å²) in [6, 6.07) is 24.0. The predicted molar refractivity (Wildman–Crippen MR) is 132 cm³/mol. The molecule has 3 heterocycles. The molecular weight excluding hydrogens is 429 g/mol. The van der Waals surface area contributed by atoms with Gasteiger partial charge >= 0.3 is 0 Å². The molecular formula is C27H18FN5O. The van der Waals surface area contributed by atoms with E-state index in [0.717, 1.165) is 38.6 Å². The Kier molecular flexibility index (Phi) is 4.73. The van der Waals surface area contributed by atoms with E-state index in [1.807, 2.05) is 48.7 Å². The Morgan fingerprint density at radius 3 is 2.62 bits per heavy atom. The summed E-state index contributed by atoms with van der Waals surface area (Å²) in [6.45, 7) is 0.599. The van der Waals surface area contributed by atoms with E-state index in [-0.39, 0.29) is 17.4 Å². The summed E-state index contributed by atoms with van der Waals surface area (Å²) in [5.74, 6) is -0.524. The number of carbonyl (C=O) groups is 1. The first-order valence-electron chi connectivity index (χ1n) is 10.8. The fourth-order valence-corrected chi connectivity index (χ4v) is 4.32. The number of anilines is 1. The highest BCUT2D eigenvalue weighted by molar-refractivity contribution is 6.53. The minimum atomic E-state index is -0.273. The van der Waals surface area contributed by atoms with E-state index in [4.69, 9.17) is 0 Å². The fourth-order valence-electron chi connectivity index (χ4n) is 4.32. The second kappa shape index (κ2) is 8.04. The second-order valence-corrected chi connectivity index (χ2v) is 8.05. The summed E-state index contributed by atoms with van der Waals surface area (Å²) in [6.07, 6.45) is 3.36. The van der Waals surface area contributed by atoms with Gasteiger partial charge in [0.1, 0.15) is 5.82 Å². The Morgan fingerprint density at radius 2 is 1.74 bits per heavy atom. The molecule has 7 heteroatoms. The van der Waals surface area contributed by atoms with Crippen molar-refractivity contribution in [2.24, 2.45) is 10.2 Å². The molecule has 0 aliphatic carbocycles. The summed E-state index contributed by atoms with van der Waals surface area (Å²) in [4.78, 5) is 16.8. The van der Waals surface area contributed by atoms with Gasteiger partial charge in [-0.3, -0.25) is 9.78 Å². The molecule has 1 N–H and O–H groups in total. The smallest absolute Gasteiger partial charge is 0.276 e. The number of hydrogen-bond acceptors (Lipinski definition) is 4. The lowest BCUT2D eigenvalue weighted by molar-refractivity contribution is -0.110. The van der Waals surface area contributed by atoms with Crippen LogP contribution in [-0.4, -0.2) is 27.4 Å². The number of halogens is 1. The van der Waals surface area contributed by atoms with Crippen LogP contribution in [0.5, 0.6) is 0 Å². The molecule has 1 aliphatic rings. The fraction of sp³-hybridized carbons (Fsp3) is 0.0370. The quantitative estimate of drug-likeness (QED) is 0.306. The molecule has 0 spiro atoms. The first kappa shape index (κ1) is 20.0. The van der Waals surface area contributed by atoms with Crippen molar-refractivity contribution in [3.63, 3.8) is 0 Å². The van der Waals surface area contributed by atoms with Gasteiger partial charge in [-0.25, -0.2) is 4.39 Å². The highest BCUT2D eigenvalue weighted by Crippen LogP contribution is 2.29. The lowest BCUT2D eigenvalue weighted by atomic mass is 10.1. The second-order valence-electron chi connectivity index (χ2n) is 8.05. The Hall–Kier alpha value is -4.65. The van der Waals surface area contributed by atoms with Gasteiger partial charge in [0.15, 0.2) is 5.71 Å². The zero-order valence-electron chi connectivity index (χ0n) is 17.9. The SMILES string of the molecule is O=C1Nc2ccccc2C1=NN=Cc1cc2c3ccccc3n(Cc3ccc(F)cc3)c2cn1. The van der Waals surface area contributed by atoms with E-state index >= 15 is 0 Å². The maximum absolute atomic E-state index is 13.4. The lowest BCUT2D eigenvalue weighted by Gasteiger charge is -2.07. The van der Waals surface area contributed by atoms with Crippen LogP contribution in [0, 0.1) is 5.82 Å². The van der Waals surface area contributed by atoms with Gasteiger partial charge in [0, 0.05) is 28.4 Å². The molecule has 0 fully saturated rings. The van der Waals surface area contributed by atoms with Gasteiger partial charge in [0.25, 0.3) is 5.91 Å². The van der Waals surface area contributed by atoms with Crippen LogP contribution in [0.25, 0.3) is 21.8 Å². The Bertz CT molecular complexity index is 1630. The van der Waals surface area contributed by atoms with Gasteiger partial charge in [0.05, 0.1) is 29.3 Å². The predicted octanol–water partition coefficient (Wildman–Crippen LogP) is 5.15. The van der Waals surface area contributed by atoms with Crippen LogP contribution in [0.3, 0.4) is 0 Å². The van der Waals surface area contributed by atoms with Gasteiger partial charge in [-0.1, -0.05) is 48.5 Å². The molecule has 164 valence electrons. The highest BCUT2D eigenvalue weighted by Gasteiger charge is 2.25. The van der Waals surface area contributed by atoms with Crippen LogP contribution in [-0.2, 0) is 11.3 Å². The Labute approximate surface area is 194 Å². The van der Waals surface area contributed by atoms with Crippen molar-refractivity contribution in [3.8, 4) is 0 Å². The number of aromatic nitrogens is 2. The van der Waals surface area contributed by atoms with Crippen LogP contribution < -0.4 is 5.32 Å². The van der Waals surface area contributed by atoms with E-state index in [2.05, 4.69) is 37.2 Å². The van der Waals surface area contributed by atoms with Crippen LogP contribution in [0.4, 0.5) is 10.1 Å². The largest absolute Gasteiger partial charge is 0.335 e. The maximum atomic E-state index is 13.4. The molecule has 3 aromatic carbocycles. The number of rotatable bonds is 4. The molecule has 0 atom stereocenters. The number of nitrogens with zero attached hydrogens (tertiary/aromatic N) is 4. The molecule has 6 rings (SSSR count). The van der Waals surface area contributed by atoms with Gasteiger partial charge in [-0.05, 0) is 35.9 Å². The monoisotopic (exact) mass is 447 g/mol. The molecule has 6 nitrogen and oxygen atoms in total. The standard InChI is InChI=1S/C27H18FN5O/c28-18-11-9-17(10-12-18)16-33-24-8-4-2-5-20(24)22-13-19(29-15-25(22)33)14-30-32-26-21-6-1-3-7-23(21)31-27(26)34/h1-15H,16H2,(H,31,32,34). The van der Waals surface area contributed by atoms with Crippen molar-refractivity contribution in [1.29, 1.82) is 0 Å². The summed E-state index contributed by atoms with van der Waals surface area (Å²) in [7, 11) is 0. The van der Waals surface area contributed by atoms with Crippen molar-refractivity contribution in [2.45, 2.75) is 6.54 Å². The first-order valence-corrected chi connectivity index (χ1v) is 10.8. The Balaban J connectivity index is 1.38. The van der Waals surface area contributed by atoms with E-state index < -0.39 is 0 Å². The van der Waals surface area contributed by atoms with Gasteiger partial charge in [-0.2, -0.15) is 5.10 Å². The van der Waals surface area contributed by atoms with Crippen molar-refractivity contribution in [2.75, 3.05) is 5.32 Å². The average molecular weight is 447 g/mol. The topological polar surface area (TPSA) is 71.6 Å². The molecule has 0 radical (unpaired) electrons. The maximum Gasteiger partial charge on any atom is 0.276 e. The van der Waals surface area contributed by atoms with Crippen LogP contribution >= 0.6 is 0 Å². The zero-order valence-corrected chi connectivity index (χ0v) is 17.9. The molecule has 0 bridgehead atoms. The minimum absolute atomic E-state index is 0.251. The molecule has 34 heavy (non-hydrogen) atoms. The van der Waals surface area contributed by atoms with Crippen molar-refractivity contribution < 1.29 is 9.18 Å². The molecule has 0 saturated heterocycles. The highest BCUT2D eigenvalue weighted by atomic mass is 19.1. The van der Waals surface area contributed by atoms with Gasteiger partial charge in [-0.15, -0.1) is 5.10 Å². The van der Waals surface area contributed by atoms with Crippen molar-refractivity contribution >= 4 is 45.3 Å². The third-order valence-electron chi connectivity index (χ3n) is 5.93. The molecule has 0 unspecified atom stereocenters. The number of amides is 1. The third kappa shape index (κ3) is 3.44. The van der Waals surface area contributed by atoms with Crippen molar-refractivity contribution in [1.82, 2.24) is 9.55 Å². The number of para-hydroxylation sites is 2.